The summed E-state index contributed by atoms with van der Waals surface area (Å²) >= 11 is 0. The Balaban J connectivity index is 1.40. The fraction of sp³-hybridized carbons (Fsp3) is 0.360. The molecule has 0 aliphatic carbocycles. The number of nitrogens with zero attached hydrogens (tertiary/aromatic N) is 2. The summed E-state index contributed by atoms with van der Waals surface area (Å²) in [5.74, 6) is -1.99. The molecular weight excluding hydrogens is 472 g/mol. The monoisotopic (exact) mass is 498 g/mol. The van der Waals surface area contributed by atoms with Gasteiger partial charge < -0.3 is 9.64 Å². The number of hydrogen-bond donors (Lipinski definition) is 0. The Morgan fingerprint density at radius 2 is 1.63 bits per heavy atom. The highest BCUT2D eigenvalue weighted by Crippen LogP contribution is 2.28. The summed E-state index contributed by atoms with van der Waals surface area (Å²) < 4.78 is 28.9. The molecule has 2 aromatic carbocycles. The van der Waals surface area contributed by atoms with Crippen LogP contribution in [0.2, 0.25) is 0 Å². The van der Waals surface area contributed by atoms with E-state index in [0.29, 0.717) is 29.8 Å². The van der Waals surface area contributed by atoms with Crippen LogP contribution in [0.5, 0.6) is 0 Å². The molecular formula is C25H26N2O7S. The van der Waals surface area contributed by atoms with E-state index in [1.165, 1.54) is 29.2 Å². The average Bonchev–Trinajstić information content (AvgIpc) is 3.31. The number of rotatable bonds is 7. The third kappa shape index (κ3) is 5.12. The molecule has 1 unspecified atom stereocenters. The Labute approximate surface area is 203 Å². The first-order chi connectivity index (χ1) is 16.6. The van der Waals surface area contributed by atoms with Gasteiger partial charge in [0.25, 0.3) is 17.7 Å². The largest absolute Gasteiger partial charge is 0.452 e. The number of ether oxygens (including phenoxy) is 1. The normalized spacial score (nSPS) is 18.6. The minimum atomic E-state index is -3.17. The molecule has 0 saturated carbocycles. The number of hydrogen-bond acceptors (Lipinski definition) is 7. The van der Waals surface area contributed by atoms with Crippen LogP contribution >= 0.6 is 0 Å². The first kappa shape index (κ1) is 24.6. The molecule has 9 nitrogen and oxygen atoms in total. The lowest BCUT2D eigenvalue weighted by molar-refractivity contribution is -0.137. The van der Waals surface area contributed by atoms with Crippen molar-refractivity contribution in [2.45, 2.75) is 26.3 Å². The van der Waals surface area contributed by atoms with E-state index in [2.05, 4.69) is 0 Å². The van der Waals surface area contributed by atoms with Crippen LogP contribution in [0.4, 0.5) is 5.69 Å². The third-order valence-corrected chi connectivity index (χ3v) is 7.76. The van der Waals surface area contributed by atoms with Gasteiger partial charge in [-0.25, -0.2) is 18.1 Å². The fourth-order valence-electron chi connectivity index (χ4n) is 4.33. The molecule has 2 aliphatic heterocycles. The zero-order valence-corrected chi connectivity index (χ0v) is 20.3. The van der Waals surface area contributed by atoms with Crippen LogP contribution in [0.15, 0.2) is 48.5 Å². The number of sulfone groups is 1. The molecule has 10 heteroatoms. The lowest BCUT2D eigenvalue weighted by Crippen LogP contribution is -2.45. The minimum absolute atomic E-state index is 0.0405. The van der Waals surface area contributed by atoms with Crippen molar-refractivity contribution in [2.75, 3.05) is 29.6 Å². The number of amides is 3. The fourth-order valence-corrected chi connectivity index (χ4v) is 6.06. The Bertz CT molecular complexity index is 1250. The number of benzene rings is 2. The molecule has 0 aromatic heterocycles. The van der Waals surface area contributed by atoms with Gasteiger partial charge in [0.15, 0.2) is 16.4 Å². The summed E-state index contributed by atoms with van der Waals surface area (Å²) in [6.07, 6.45) is 0.369. The molecule has 0 spiro atoms. The van der Waals surface area contributed by atoms with Crippen molar-refractivity contribution < 1.29 is 32.3 Å². The van der Waals surface area contributed by atoms with Crippen LogP contribution in [0.25, 0.3) is 0 Å². The second kappa shape index (κ2) is 9.61. The molecule has 1 atom stereocenters. The highest BCUT2D eigenvalue weighted by Gasteiger charge is 2.37. The van der Waals surface area contributed by atoms with Gasteiger partial charge in [0.1, 0.15) is 0 Å². The van der Waals surface area contributed by atoms with Gasteiger partial charge in [-0.05, 0) is 48.7 Å². The number of carbonyl (C=O) groups excluding carboxylic acids is 4. The van der Waals surface area contributed by atoms with E-state index >= 15 is 0 Å². The van der Waals surface area contributed by atoms with E-state index < -0.39 is 46.2 Å². The lowest BCUT2D eigenvalue weighted by Gasteiger charge is -2.29. The van der Waals surface area contributed by atoms with Gasteiger partial charge in [-0.2, -0.15) is 0 Å². The van der Waals surface area contributed by atoms with Gasteiger partial charge in [-0.3, -0.25) is 14.4 Å². The van der Waals surface area contributed by atoms with Crippen molar-refractivity contribution >= 4 is 39.2 Å². The predicted octanol–water partition coefficient (Wildman–Crippen LogP) is 2.32. The second-order valence-corrected chi connectivity index (χ2v) is 11.3. The highest BCUT2D eigenvalue weighted by atomic mass is 32.2. The number of fused-ring (bicyclic) bond motifs is 1. The van der Waals surface area contributed by atoms with Crippen molar-refractivity contribution in [3.05, 3.63) is 65.2 Å². The van der Waals surface area contributed by atoms with E-state index in [4.69, 9.17) is 4.74 Å². The van der Waals surface area contributed by atoms with Crippen molar-refractivity contribution in [2.24, 2.45) is 5.92 Å². The van der Waals surface area contributed by atoms with Gasteiger partial charge in [0, 0.05) is 12.6 Å². The van der Waals surface area contributed by atoms with E-state index in [-0.39, 0.29) is 23.0 Å². The van der Waals surface area contributed by atoms with E-state index in [9.17, 15) is 27.6 Å². The van der Waals surface area contributed by atoms with E-state index in [0.717, 1.165) is 4.90 Å². The van der Waals surface area contributed by atoms with Crippen molar-refractivity contribution in [1.82, 2.24) is 4.90 Å². The Hall–Kier alpha value is -3.53. The Morgan fingerprint density at radius 1 is 1.03 bits per heavy atom. The quantitative estimate of drug-likeness (QED) is 0.425. The van der Waals surface area contributed by atoms with Gasteiger partial charge in [-0.1, -0.05) is 26.0 Å². The average molecular weight is 499 g/mol. The van der Waals surface area contributed by atoms with Crippen molar-refractivity contribution in [3.63, 3.8) is 0 Å². The molecule has 1 fully saturated rings. The number of anilines is 1. The van der Waals surface area contributed by atoms with Gasteiger partial charge in [-0.15, -0.1) is 0 Å². The first-order valence-electron chi connectivity index (χ1n) is 11.3. The molecule has 3 amide bonds. The summed E-state index contributed by atoms with van der Waals surface area (Å²) in [6.45, 7) is 3.70. The SMILES string of the molecule is CC(C)CN(C(=O)COC(=O)c1ccc(N2C(=O)c3ccccc3C2=O)cc1)C1CCS(=O)(=O)C1. The highest BCUT2D eigenvalue weighted by molar-refractivity contribution is 7.91. The van der Waals surface area contributed by atoms with Crippen LogP contribution in [0, 0.1) is 5.92 Å². The zero-order valence-electron chi connectivity index (χ0n) is 19.5. The van der Waals surface area contributed by atoms with Gasteiger partial charge >= 0.3 is 5.97 Å². The van der Waals surface area contributed by atoms with Crippen LogP contribution in [0.3, 0.4) is 0 Å². The summed E-state index contributed by atoms with van der Waals surface area (Å²) in [5, 5.41) is 0. The molecule has 1 saturated heterocycles. The molecule has 184 valence electrons. The van der Waals surface area contributed by atoms with E-state index in [1.54, 1.807) is 24.3 Å². The molecule has 0 N–H and O–H groups in total. The maximum atomic E-state index is 12.8. The molecule has 4 rings (SSSR count). The van der Waals surface area contributed by atoms with Crippen LogP contribution < -0.4 is 4.90 Å². The Morgan fingerprint density at radius 3 is 2.14 bits per heavy atom. The third-order valence-electron chi connectivity index (χ3n) is 6.01. The molecule has 2 aliphatic rings. The van der Waals surface area contributed by atoms with Crippen molar-refractivity contribution in [1.29, 1.82) is 0 Å². The smallest absolute Gasteiger partial charge is 0.338 e. The topological polar surface area (TPSA) is 118 Å². The van der Waals surface area contributed by atoms with Gasteiger partial charge in [0.05, 0.1) is 33.9 Å². The predicted molar refractivity (Wildman–Crippen MR) is 128 cm³/mol. The number of esters is 1. The van der Waals surface area contributed by atoms with E-state index in [1.807, 2.05) is 13.8 Å². The molecule has 2 heterocycles. The summed E-state index contributed by atoms with van der Waals surface area (Å²) in [7, 11) is -3.17. The molecule has 0 radical (unpaired) electrons. The summed E-state index contributed by atoms with van der Waals surface area (Å²) in [5.41, 5.74) is 1.10. The van der Waals surface area contributed by atoms with Crippen LogP contribution in [-0.2, 0) is 19.4 Å². The number of carbonyl (C=O) groups is 4. The Kier molecular flexibility index (Phi) is 6.75. The lowest BCUT2D eigenvalue weighted by atomic mass is 10.1. The molecule has 35 heavy (non-hydrogen) atoms. The van der Waals surface area contributed by atoms with Crippen molar-refractivity contribution in [3.8, 4) is 0 Å². The van der Waals surface area contributed by atoms with Crippen LogP contribution in [-0.4, -0.2) is 67.7 Å². The molecule has 2 aromatic rings. The van der Waals surface area contributed by atoms with Gasteiger partial charge in [0.2, 0.25) is 0 Å². The second-order valence-electron chi connectivity index (χ2n) is 9.11. The first-order valence-corrected chi connectivity index (χ1v) is 13.1. The zero-order chi connectivity index (χ0) is 25.3. The maximum absolute atomic E-state index is 12.8. The standard InChI is InChI=1S/C25H26N2O7S/c1-16(2)13-26(19-11-12-35(32,33)15-19)22(28)14-34-25(31)17-7-9-18(10-8-17)27-23(29)20-5-3-4-6-21(20)24(27)30/h3-10,16,19H,11-15H2,1-2H3. The van der Waals surface area contributed by atoms with Crippen LogP contribution in [0.1, 0.15) is 51.3 Å². The molecule has 0 bridgehead atoms. The minimum Gasteiger partial charge on any atom is -0.452 e. The summed E-state index contributed by atoms with van der Waals surface area (Å²) in [6, 6.07) is 11.9. The summed E-state index contributed by atoms with van der Waals surface area (Å²) in [4.78, 5) is 53.1. The number of imide groups is 1. The maximum Gasteiger partial charge on any atom is 0.338 e.